The Kier molecular flexibility index (Phi) is 6.31. The van der Waals surface area contributed by atoms with Crippen molar-refractivity contribution in [1.82, 2.24) is 4.57 Å². The summed E-state index contributed by atoms with van der Waals surface area (Å²) in [4.78, 5) is 0. The molecule has 1 heterocycles. The number of hydrogen-bond donors (Lipinski definition) is 0. The van der Waals surface area contributed by atoms with Gasteiger partial charge in [-0.3, -0.25) is 0 Å². The van der Waals surface area contributed by atoms with Gasteiger partial charge < -0.3 is 4.57 Å². The summed E-state index contributed by atoms with van der Waals surface area (Å²) in [5, 5.41) is 5.01. The van der Waals surface area contributed by atoms with E-state index in [9.17, 15) is 0 Å². The molecular formula is C47H30BrN. The van der Waals surface area contributed by atoms with E-state index < -0.39 is 5.41 Å². The monoisotopic (exact) mass is 687 g/mol. The number of halogens is 1. The fraction of sp³-hybridized carbons (Fsp3) is 0.0213. The molecule has 0 radical (unpaired) electrons. The molecule has 0 saturated carbocycles. The SMILES string of the molecule is Brc1cccc(-c2ccc3c4ccc5ccccc5c4n(-c4ccc5c(c4)-c4ccccc4C5(c4ccccc4)c4ccccc4)c3c2)c1. The topological polar surface area (TPSA) is 4.93 Å². The molecule has 0 aliphatic heterocycles. The van der Waals surface area contributed by atoms with E-state index in [0.717, 1.165) is 10.2 Å². The summed E-state index contributed by atoms with van der Waals surface area (Å²) in [7, 11) is 0. The van der Waals surface area contributed by atoms with Crippen molar-refractivity contribution in [2.24, 2.45) is 0 Å². The second-order valence-electron chi connectivity index (χ2n) is 13.0. The number of benzene rings is 8. The van der Waals surface area contributed by atoms with Gasteiger partial charge in [-0.1, -0.05) is 168 Å². The molecule has 0 unspecified atom stereocenters. The average Bonchev–Trinajstić information content (AvgIpc) is 3.66. The molecule has 0 saturated heterocycles. The molecule has 49 heavy (non-hydrogen) atoms. The maximum absolute atomic E-state index is 3.70. The maximum atomic E-state index is 3.70. The van der Waals surface area contributed by atoms with Gasteiger partial charge in [0.2, 0.25) is 0 Å². The van der Waals surface area contributed by atoms with Crippen LogP contribution in [0.3, 0.4) is 0 Å². The molecule has 1 nitrogen and oxygen atoms in total. The predicted octanol–water partition coefficient (Wildman–Crippen LogP) is 12.7. The molecule has 10 rings (SSSR count). The second kappa shape index (κ2) is 10.9. The smallest absolute Gasteiger partial charge is 0.0713 e. The average molecular weight is 689 g/mol. The fourth-order valence-electron chi connectivity index (χ4n) is 8.47. The summed E-state index contributed by atoms with van der Waals surface area (Å²) < 4.78 is 3.58. The molecule has 9 aromatic rings. The van der Waals surface area contributed by atoms with E-state index in [0.29, 0.717) is 0 Å². The standard InChI is InChI=1S/C47H30BrN/c48-36-18-11-13-32(28-36)33-23-25-40-41-26-22-31-12-7-8-19-38(31)46(41)49(45(40)29-33)37-24-27-44-42(30-37)39-20-9-10-21-43(39)47(44,34-14-3-1-4-15-34)35-16-5-2-6-17-35/h1-30H. The van der Waals surface area contributed by atoms with Crippen LogP contribution in [0.2, 0.25) is 0 Å². The van der Waals surface area contributed by atoms with Gasteiger partial charge in [0.15, 0.2) is 0 Å². The van der Waals surface area contributed by atoms with Crippen LogP contribution < -0.4 is 0 Å². The van der Waals surface area contributed by atoms with Crippen LogP contribution in [0.1, 0.15) is 22.3 Å². The summed E-state index contributed by atoms with van der Waals surface area (Å²) in [6.45, 7) is 0. The minimum Gasteiger partial charge on any atom is -0.309 e. The lowest BCUT2D eigenvalue weighted by atomic mass is 9.68. The fourth-order valence-corrected chi connectivity index (χ4v) is 8.87. The Morgan fingerprint density at radius 2 is 1.10 bits per heavy atom. The van der Waals surface area contributed by atoms with Crippen LogP contribution in [0.4, 0.5) is 0 Å². The van der Waals surface area contributed by atoms with Gasteiger partial charge >= 0.3 is 0 Å². The first kappa shape index (κ1) is 28.3. The molecule has 0 N–H and O–H groups in total. The van der Waals surface area contributed by atoms with Crippen LogP contribution in [0, 0.1) is 0 Å². The van der Waals surface area contributed by atoms with E-state index in [2.05, 4.69) is 202 Å². The minimum absolute atomic E-state index is 0.422. The van der Waals surface area contributed by atoms with Gasteiger partial charge in [-0.2, -0.15) is 0 Å². The lowest BCUT2D eigenvalue weighted by Gasteiger charge is -2.33. The van der Waals surface area contributed by atoms with E-state index in [-0.39, 0.29) is 0 Å². The molecular weight excluding hydrogens is 658 g/mol. The molecule has 230 valence electrons. The molecule has 0 atom stereocenters. The Morgan fingerprint density at radius 1 is 0.429 bits per heavy atom. The van der Waals surface area contributed by atoms with E-state index in [1.54, 1.807) is 0 Å². The number of hydrogen-bond acceptors (Lipinski definition) is 0. The van der Waals surface area contributed by atoms with Crippen molar-refractivity contribution in [3.05, 3.63) is 209 Å². The van der Waals surface area contributed by atoms with Crippen LogP contribution >= 0.6 is 15.9 Å². The van der Waals surface area contributed by atoms with Gasteiger partial charge in [0.1, 0.15) is 0 Å². The zero-order chi connectivity index (χ0) is 32.5. The Hall–Kier alpha value is -5.70. The Morgan fingerprint density at radius 3 is 1.90 bits per heavy atom. The van der Waals surface area contributed by atoms with Crippen molar-refractivity contribution in [2.75, 3.05) is 0 Å². The van der Waals surface area contributed by atoms with E-state index in [4.69, 9.17) is 0 Å². The normalized spacial score (nSPS) is 13.2. The molecule has 8 aromatic carbocycles. The number of aromatic nitrogens is 1. The highest BCUT2D eigenvalue weighted by Gasteiger charge is 2.46. The lowest BCUT2D eigenvalue weighted by Crippen LogP contribution is -2.28. The van der Waals surface area contributed by atoms with Crippen molar-refractivity contribution >= 4 is 48.5 Å². The lowest BCUT2D eigenvalue weighted by molar-refractivity contribution is 0.768. The van der Waals surface area contributed by atoms with E-state index in [1.807, 2.05) is 0 Å². The molecule has 2 heteroatoms. The third-order valence-electron chi connectivity index (χ3n) is 10.5. The highest BCUT2D eigenvalue weighted by atomic mass is 79.9. The first-order valence-electron chi connectivity index (χ1n) is 16.8. The van der Waals surface area contributed by atoms with Crippen molar-refractivity contribution in [3.8, 4) is 27.9 Å². The molecule has 0 amide bonds. The molecule has 0 bridgehead atoms. The van der Waals surface area contributed by atoms with Crippen molar-refractivity contribution < 1.29 is 0 Å². The number of nitrogens with zero attached hydrogens (tertiary/aromatic N) is 1. The zero-order valence-corrected chi connectivity index (χ0v) is 28.2. The molecule has 1 aliphatic carbocycles. The van der Waals surface area contributed by atoms with Gasteiger partial charge in [0, 0.05) is 26.3 Å². The number of fused-ring (bicyclic) bond motifs is 8. The van der Waals surface area contributed by atoms with Crippen LogP contribution in [0.5, 0.6) is 0 Å². The molecule has 1 aromatic heterocycles. The summed E-state index contributed by atoms with van der Waals surface area (Å²) in [6.07, 6.45) is 0. The van der Waals surface area contributed by atoms with Crippen LogP contribution in [0.15, 0.2) is 186 Å². The number of rotatable bonds is 4. The summed E-state index contributed by atoms with van der Waals surface area (Å²) >= 11 is 3.70. The minimum atomic E-state index is -0.422. The summed E-state index contributed by atoms with van der Waals surface area (Å²) in [5.41, 5.74) is 13.3. The highest BCUT2D eigenvalue weighted by Crippen LogP contribution is 2.56. The molecule has 0 spiro atoms. The highest BCUT2D eigenvalue weighted by molar-refractivity contribution is 9.10. The van der Waals surface area contributed by atoms with Gasteiger partial charge in [-0.05, 0) is 80.2 Å². The summed E-state index contributed by atoms with van der Waals surface area (Å²) in [6, 6.07) is 67.1. The van der Waals surface area contributed by atoms with Gasteiger partial charge in [0.25, 0.3) is 0 Å². The van der Waals surface area contributed by atoms with Gasteiger partial charge in [-0.15, -0.1) is 0 Å². The van der Waals surface area contributed by atoms with Crippen LogP contribution in [-0.2, 0) is 5.41 Å². The third kappa shape index (κ3) is 4.11. The van der Waals surface area contributed by atoms with Crippen molar-refractivity contribution in [3.63, 3.8) is 0 Å². The van der Waals surface area contributed by atoms with Gasteiger partial charge in [-0.25, -0.2) is 0 Å². The first-order chi connectivity index (χ1) is 24.2. The Labute approximate surface area is 293 Å². The molecule has 0 fully saturated rings. The maximum Gasteiger partial charge on any atom is 0.0713 e. The quantitative estimate of drug-likeness (QED) is 0.173. The molecule has 1 aliphatic rings. The third-order valence-corrected chi connectivity index (χ3v) is 11.0. The van der Waals surface area contributed by atoms with E-state index >= 15 is 0 Å². The predicted molar refractivity (Wildman–Crippen MR) is 209 cm³/mol. The Bertz CT molecular complexity index is 2680. The van der Waals surface area contributed by atoms with Crippen LogP contribution in [-0.4, -0.2) is 4.57 Å². The van der Waals surface area contributed by atoms with Crippen molar-refractivity contribution in [2.45, 2.75) is 5.41 Å². The Balaban J connectivity index is 1.31. The van der Waals surface area contributed by atoms with Crippen molar-refractivity contribution in [1.29, 1.82) is 0 Å². The second-order valence-corrected chi connectivity index (χ2v) is 13.9. The largest absolute Gasteiger partial charge is 0.309 e. The van der Waals surface area contributed by atoms with Crippen LogP contribution in [0.25, 0.3) is 60.5 Å². The summed E-state index contributed by atoms with van der Waals surface area (Å²) in [5.74, 6) is 0. The zero-order valence-electron chi connectivity index (χ0n) is 26.6. The first-order valence-corrected chi connectivity index (χ1v) is 17.6. The van der Waals surface area contributed by atoms with Gasteiger partial charge in [0.05, 0.1) is 16.4 Å². The van der Waals surface area contributed by atoms with E-state index in [1.165, 1.54) is 77.1 Å².